The molecule has 16 heavy (non-hydrogen) atoms. The van der Waals surface area contributed by atoms with E-state index in [1.165, 1.54) is 0 Å². The number of carbonyl (C=O) groups is 1. The molecule has 0 amide bonds. The number of aliphatic hydroxyl groups is 6. The van der Waals surface area contributed by atoms with E-state index in [0.29, 0.717) is 0 Å². The summed E-state index contributed by atoms with van der Waals surface area (Å²) in [5, 5.41) is 54.4. The highest BCUT2D eigenvalue weighted by Gasteiger charge is 2.36. The standard InChI is InChI=1S/C8H17NO7/c9-1-3(11)5(13)7(15)8(16)6(14)4(12)2-10/h3,5-8,10-11,13-16H,1-2,9H2/t3-,5+,6-,7-,8+/m0/s1. The minimum absolute atomic E-state index is 0.366. The van der Waals surface area contributed by atoms with E-state index in [4.69, 9.17) is 21.1 Å². The molecule has 0 radical (unpaired) electrons. The SMILES string of the molecule is NC[C@H](O)[C@@H](O)[C@H](O)[C@H](O)[C@@H](O)C(=O)CO. The van der Waals surface area contributed by atoms with Crippen LogP contribution in [0.1, 0.15) is 0 Å². The normalized spacial score (nSPS) is 20.9. The first kappa shape index (κ1) is 15.4. The first-order chi connectivity index (χ1) is 7.36. The van der Waals surface area contributed by atoms with Gasteiger partial charge in [-0.1, -0.05) is 0 Å². The van der Waals surface area contributed by atoms with Gasteiger partial charge >= 0.3 is 0 Å². The molecule has 8 nitrogen and oxygen atoms in total. The largest absolute Gasteiger partial charge is 0.389 e. The van der Waals surface area contributed by atoms with Crippen LogP contribution >= 0.6 is 0 Å². The monoisotopic (exact) mass is 239 g/mol. The van der Waals surface area contributed by atoms with Crippen molar-refractivity contribution in [3.63, 3.8) is 0 Å². The summed E-state index contributed by atoms with van der Waals surface area (Å²) in [6.45, 7) is -1.38. The van der Waals surface area contributed by atoms with Gasteiger partial charge in [-0.15, -0.1) is 0 Å². The summed E-state index contributed by atoms with van der Waals surface area (Å²) in [5.41, 5.74) is 5.00. The summed E-state index contributed by atoms with van der Waals surface area (Å²) < 4.78 is 0. The van der Waals surface area contributed by atoms with Gasteiger partial charge in [0.25, 0.3) is 0 Å². The summed E-state index contributed by atoms with van der Waals surface area (Å²) in [6, 6.07) is 0. The fourth-order valence-corrected chi connectivity index (χ4v) is 1.04. The number of Topliss-reactive ketones (excluding diaryl/α,β-unsaturated/α-hetero) is 1. The third-order valence-electron chi connectivity index (χ3n) is 2.14. The summed E-state index contributed by atoms with van der Waals surface area (Å²) in [5.74, 6) is -1.11. The van der Waals surface area contributed by atoms with Crippen LogP contribution in [0.3, 0.4) is 0 Å². The van der Waals surface area contributed by atoms with Gasteiger partial charge < -0.3 is 36.4 Å². The summed E-state index contributed by atoms with van der Waals surface area (Å²) in [6.07, 6.45) is -9.32. The first-order valence-corrected chi connectivity index (χ1v) is 4.60. The summed E-state index contributed by atoms with van der Waals surface area (Å²) in [4.78, 5) is 10.8. The smallest absolute Gasteiger partial charge is 0.189 e. The van der Waals surface area contributed by atoms with Crippen LogP contribution in [0.25, 0.3) is 0 Å². The third-order valence-corrected chi connectivity index (χ3v) is 2.14. The average molecular weight is 239 g/mol. The number of rotatable bonds is 7. The Morgan fingerprint density at radius 2 is 1.50 bits per heavy atom. The second-order valence-electron chi connectivity index (χ2n) is 3.34. The molecule has 0 unspecified atom stereocenters. The second-order valence-corrected chi connectivity index (χ2v) is 3.34. The number of ketones is 1. The Labute approximate surface area is 91.6 Å². The van der Waals surface area contributed by atoms with E-state index < -0.39 is 42.9 Å². The maximum atomic E-state index is 10.8. The van der Waals surface area contributed by atoms with Crippen LogP contribution in [-0.4, -0.2) is 80.1 Å². The molecule has 0 saturated carbocycles. The Morgan fingerprint density at radius 1 is 1.00 bits per heavy atom. The quantitative estimate of drug-likeness (QED) is 0.233. The average Bonchev–Trinajstić information content (AvgIpc) is 2.32. The van der Waals surface area contributed by atoms with Crippen LogP contribution in [0.5, 0.6) is 0 Å². The van der Waals surface area contributed by atoms with Crippen LogP contribution in [0, 0.1) is 0 Å². The first-order valence-electron chi connectivity index (χ1n) is 4.60. The van der Waals surface area contributed by atoms with E-state index >= 15 is 0 Å². The van der Waals surface area contributed by atoms with E-state index in [9.17, 15) is 20.1 Å². The minimum Gasteiger partial charge on any atom is -0.389 e. The Balaban J connectivity index is 4.47. The van der Waals surface area contributed by atoms with Crippen molar-refractivity contribution in [2.45, 2.75) is 30.5 Å². The fraction of sp³-hybridized carbons (Fsp3) is 0.875. The fourth-order valence-electron chi connectivity index (χ4n) is 1.04. The van der Waals surface area contributed by atoms with Crippen molar-refractivity contribution >= 4 is 5.78 Å². The predicted molar refractivity (Wildman–Crippen MR) is 51.2 cm³/mol. The van der Waals surface area contributed by atoms with Gasteiger partial charge in [-0.25, -0.2) is 0 Å². The molecule has 0 saturated heterocycles. The van der Waals surface area contributed by atoms with E-state index in [1.807, 2.05) is 0 Å². The summed E-state index contributed by atoms with van der Waals surface area (Å²) >= 11 is 0. The van der Waals surface area contributed by atoms with Crippen molar-refractivity contribution in [1.29, 1.82) is 0 Å². The molecule has 0 bridgehead atoms. The Morgan fingerprint density at radius 3 is 1.88 bits per heavy atom. The lowest BCUT2D eigenvalue weighted by atomic mass is 9.97. The molecule has 0 spiro atoms. The molecule has 0 heterocycles. The number of carbonyl (C=O) groups excluding carboxylic acids is 1. The van der Waals surface area contributed by atoms with Crippen molar-refractivity contribution in [1.82, 2.24) is 0 Å². The topological polar surface area (TPSA) is 164 Å². The minimum atomic E-state index is -2.04. The van der Waals surface area contributed by atoms with Crippen molar-refractivity contribution in [2.75, 3.05) is 13.2 Å². The van der Waals surface area contributed by atoms with Gasteiger partial charge in [-0.2, -0.15) is 0 Å². The molecular formula is C8H17NO7. The molecule has 8 N–H and O–H groups in total. The lowest BCUT2D eigenvalue weighted by Gasteiger charge is -2.27. The maximum Gasteiger partial charge on any atom is 0.189 e. The van der Waals surface area contributed by atoms with Crippen LogP contribution in [0.2, 0.25) is 0 Å². The molecule has 0 aliphatic carbocycles. The number of aliphatic hydroxyl groups excluding tert-OH is 6. The zero-order chi connectivity index (χ0) is 12.9. The maximum absolute atomic E-state index is 10.8. The van der Waals surface area contributed by atoms with E-state index in [2.05, 4.69) is 0 Å². The molecule has 96 valence electrons. The van der Waals surface area contributed by atoms with Gasteiger partial charge in [0.1, 0.15) is 31.0 Å². The van der Waals surface area contributed by atoms with Gasteiger partial charge in [0.15, 0.2) is 5.78 Å². The molecule has 0 aromatic heterocycles. The van der Waals surface area contributed by atoms with E-state index in [-0.39, 0.29) is 6.54 Å². The van der Waals surface area contributed by atoms with Gasteiger partial charge in [-0.3, -0.25) is 4.79 Å². The van der Waals surface area contributed by atoms with E-state index in [1.54, 1.807) is 0 Å². The van der Waals surface area contributed by atoms with Gasteiger partial charge in [-0.05, 0) is 0 Å². The lowest BCUT2D eigenvalue weighted by Crippen LogP contribution is -2.53. The van der Waals surface area contributed by atoms with Crippen molar-refractivity contribution < 1.29 is 35.4 Å². The van der Waals surface area contributed by atoms with Gasteiger partial charge in [0, 0.05) is 6.54 Å². The van der Waals surface area contributed by atoms with Crippen LogP contribution in [0.4, 0.5) is 0 Å². The van der Waals surface area contributed by atoms with Crippen LogP contribution < -0.4 is 5.73 Å². The highest BCUT2D eigenvalue weighted by atomic mass is 16.4. The Kier molecular flexibility index (Phi) is 6.60. The van der Waals surface area contributed by atoms with E-state index in [0.717, 1.165) is 0 Å². The van der Waals surface area contributed by atoms with Crippen LogP contribution in [0.15, 0.2) is 0 Å². The Bertz CT molecular complexity index is 224. The molecule has 0 aliphatic heterocycles. The van der Waals surface area contributed by atoms with Crippen LogP contribution in [-0.2, 0) is 4.79 Å². The van der Waals surface area contributed by atoms with Crippen molar-refractivity contribution in [3.05, 3.63) is 0 Å². The lowest BCUT2D eigenvalue weighted by molar-refractivity contribution is -0.154. The summed E-state index contributed by atoms with van der Waals surface area (Å²) in [7, 11) is 0. The molecule has 0 fully saturated rings. The number of nitrogens with two attached hydrogens (primary N) is 1. The number of hydrogen-bond acceptors (Lipinski definition) is 8. The molecule has 5 atom stereocenters. The van der Waals surface area contributed by atoms with Crippen molar-refractivity contribution in [3.8, 4) is 0 Å². The zero-order valence-electron chi connectivity index (χ0n) is 8.47. The molecule has 0 aromatic carbocycles. The number of hydrogen-bond donors (Lipinski definition) is 7. The van der Waals surface area contributed by atoms with Crippen molar-refractivity contribution in [2.24, 2.45) is 5.73 Å². The van der Waals surface area contributed by atoms with Gasteiger partial charge in [0.2, 0.25) is 0 Å². The highest BCUT2D eigenvalue weighted by molar-refractivity contribution is 5.84. The molecular weight excluding hydrogens is 222 g/mol. The second kappa shape index (κ2) is 6.86. The molecule has 0 aromatic rings. The third kappa shape index (κ3) is 3.76. The highest BCUT2D eigenvalue weighted by Crippen LogP contribution is 2.08. The zero-order valence-corrected chi connectivity index (χ0v) is 8.47. The molecule has 0 rings (SSSR count). The predicted octanol–water partition coefficient (Wildman–Crippen LogP) is -4.69. The molecule has 0 aliphatic rings. The van der Waals surface area contributed by atoms with Gasteiger partial charge in [0.05, 0.1) is 6.10 Å². The Hall–Kier alpha value is -0.610. The molecule has 8 heteroatoms.